The molecule has 2 aromatic carbocycles. The molecule has 2 heteroatoms. The Balaban J connectivity index is 1.96. The summed E-state index contributed by atoms with van der Waals surface area (Å²) in [6, 6.07) is 16.0. The maximum atomic E-state index is 12.7. The van der Waals surface area contributed by atoms with Crippen LogP contribution in [-0.4, -0.2) is 0 Å². The Bertz CT molecular complexity index is 860. The molecule has 1 heterocycles. The molecule has 0 saturated heterocycles. The lowest BCUT2D eigenvalue weighted by molar-refractivity contribution is 0.487. The number of aryl methyl sites for hydroxylation is 1. The summed E-state index contributed by atoms with van der Waals surface area (Å²) in [6.07, 6.45) is 3.94. The molecule has 0 unspecified atom stereocenters. The van der Waals surface area contributed by atoms with Crippen LogP contribution in [0.3, 0.4) is 0 Å². The molecule has 1 aliphatic carbocycles. The van der Waals surface area contributed by atoms with Gasteiger partial charge >= 0.3 is 0 Å². The van der Waals surface area contributed by atoms with Crippen LogP contribution in [0.1, 0.15) is 24.2 Å². The van der Waals surface area contributed by atoms with Crippen molar-refractivity contribution in [1.82, 2.24) is 0 Å². The Morgan fingerprint density at radius 1 is 0.857 bits per heavy atom. The molecule has 0 aliphatic heterocycles. The lowest BCUT2D eigenvalue weighted by Gasteiger charge is -2.14. The molecule has 3 aromatic rings. The van der Waals surface area contributed by atoms with Crippen molar-refractivity contribution in [3.05, 3.63) is 70.1 Å². The summed E-state index contributed by atoms with van der Waals surface area (Å²) in [5.74, 6) is 0.895. The highest BCUT2D eigenvalue weighted by atomic mass is 16.3. The van der Waals surface area contributed by atoms with Gasteiger partial charge in [-0.2, -0.15) is 0 Å². The third-order valence-corrected chi connectivity index (χ3v) is 4.26. The number of fused-ring (bicyclic) bond motifs is 2. The average molecular weight is 276 g/mol. The molecule has 0 radical (unpaired) electrons. The first-order valence-electron chi connectivity index (χ1n) is 7.47. The minimum Gasteiger partial charge on any atom is -0.461 e. The second-order valence-corrected chi connectivity index (χ2v) is 5.62. The fourth-order valence-corrected chi connectivity index (χ4v) is 3.13. The van der Waals surface area contributed by atoms with E-state index in [2.05, 4.69) is 12.1 Å². The Labute approximate surface area is 123 Å². The third-order valence-electron chi connectivity index (χ3n) is 4.26. The van der Waals surface area contributed by atoms with Crippen molar-refractivity contribution < 1.29 is 4.42 Å². The Morgan fingerprint density at radius 2 is 1.67 bits per heavy atom. The topological polar surface area (TPSA) is 30.2 Å². The summed E-state index contributed by atoms with van der Waals surface area (Å²) in [4.78, 5) is 12.7. The maximum Gasteiger partial charge on any atom is 0.196 e. The Hall–Kier alpha value is -2.35. The van der Waals surface area contributed by atoms with Gasteiger partial charge in [0.05, 0.1) is 5.39 Å². The number of hydrogen-bond donors (Lipinski definition) is 0. The van der Waals surface area contributed by atoms with Gasteiger partial charge in [-0.05, 0) is 42.5 Å². The van der Waals surface area contributed by atoms with Crippen LogP contribution in [0.4, 0.5) is 0 Å². The molecule has 0 saturated carbocycles. The standard InChI is InChI=1S/C19H16O2/c20-19-15-8-4-5-9-17(15)21-18-11-10-14(12-16(18)19)13-6-2-1-3-7-13/h1-3,6-7,10-12H,4-5,8-9H2. The van der Waals surface area contributed by atoms with E-state index in [1.54, 1.807) is 0 Å². The van der Waals surface area contributed by atoms with Gasteiger partial charge in [0.1, 0.15) is 11.3 Å². The minimum absolute atomic E-state index is 0.156. The summed E-state index contributed by atoms with van der Waals surface area (Å²) in [6.45, 7) is 0. The molecule has 0 spiro atoms. The van der Waals surface area contributed by atoms with Crippen molar-refractivity contribution >= 4 is 11.0 Å². The van der Waals surface area contributed by atoms with Crippen LogP contribution in [0.5, 0.6) is 0 Å². The van der Waals surface area contributed by atoms with E-state index in [9.17, 15) is 4.79 Å². The zero-order valence-electron chi connectivity index (χ0n) is 11.8. The van der Waals surface area contributed by atoms with Crippen LogP contribution in [-0.2, 0) is 12.8 Å². The van der Waals surface area contributed by atoms with Gasteiger partial charge in [-0.1, -0.05) is 36.4 Å². The van der Waals surface area contributed by atoms with Gasteiger partial charge in [-0.15, -0.1) is 0 Å². The van der Waals surface area contributed by atoms with Crippen LogP contribution in [0, 0.1) is 0 Å². The van der Waals surface area contributed by atoms with Crippen LogP contribution >= 0.6 is 0 Å². The molecular formula is C19H16O2. The van der Waals surface area contributed by atoms with E-state index < -0.39 is 0 Å². The predicted molar refractivity (Wildman–Crippen MR) is 84.6 cm³/mol. The largest absolute Gasteiger partial charge is 0.461 e. The summed E-state index contributed by atoms with van der Waals surface area (Å²) in [5.41, 5.74) is 3.94. The molecule has 4 rings (SSSR count). The molecule has 21 heavy (non-hydrogen) atoms. The highest BCUT2D eigenvalue weighted by Crippen LogP contribution is 2.26. The van der Waals surface area contributed by atoms with E-state index in [0.29, 0.717) is 11.0 Å². The normalized spacial score (nSPS) is 14.1. The zero-order chi connectivity index (χ0) is 14.2. The van der Waals surface area contributed by atoms with Crippen molar-refractivity contribution in [2.75, 3.05) is 0 Å². The molecule has 1 aromatic heterocycles. The summed E-state index contributed by atoms with van der Waals surface area (Å²) in [7, 11) is 0. The molecule has 0 N–H and O–H groups in total. The van der Waals surface area contributed by atoms with Crippen LogP contribution in [0.15, 0.2) is 57.7 Å². The molecule has 0 amide bonds. The van der Waals surface area contributed by atoms with E-state index >= 15 is 0 Å². The fraction of sp³-hybridized carbons (Fsp3) is 0.211. The molecule has 2 nitrogen and oxygen atoms in total. The van der Waals surface area contributed by atoms with Crippen molar-refractivity contribution in [3.8, 4) is 11.1 Å². The second-order valence-electron chi connectivity index (χ2n) is 5.62. The highest BCUT2D eigenvalue weighted by molar-refractivity contribution is 5.83. The van der Waals surface area contributed by atoms with E-state index in [4.69, 9.17) is 4.42 Å². The van der Waals surface area contributed by atoms with Crippen LogP contribution in [0.2, 0.25) is 0 Å². The molecule has 1 aliphatic rings. The van der Waals surface area contributed by atoms with Crippen LogP contribution in [0.25, 0.3) is 22.1 Å². The zero-order valence-corrected chi connectivity index (χ0v) is 11.8. The van der Waals surface area contributed by atoms with Crippen molar-refractivity contribution in [2.45, 2.75) is 25.7 Å². The molecule has 0 atom stereocenters. The van der Waals surface area contributed by atoms with E-state index in [1.807, 2.05) is 36.4 Å². The first kappa shape index (κ1) is 12.4. The molecular weight excluding hydrogens is 260 g/mol. The van der Waals surface area contributed by atoms with E-state index in [-0.39, 0.29) is 5.43 Å². The second kappa shape index (κ2) is 4.88. The lowest BCUT2D eigenvalue weighted by atomic mass is 9.95. The number of benzene rings is 2. The minimum atomic E-state index is 0.156. The third kappa shape index (κ3) is 2.07. The maximum absolute atomic E-state index is 12.7. The van der Waals surface area contributed by atoms with Gasteiger partial charge in [0.2, 0.25) is 0 Å². The number of rotatable bonds is 1. The lowest BCUT2D eigenvalue weighted by Crippen LogP contribution is -2.16. The predicted octanol–water partition coefficient (Wildman–Crippen LogP) is 4.34. The van der Waals surface area contributed by atoms with Gasteiger partial charge in [-0.3, -0.25) is 4.79 Å². The van der Waals surface area contributed by atoms with Crippen LogP contribution < -0.4 is 5.43 Å². The van der Waals surface area contributed by atoms with Gasteiger partial charge in [0.15, 0.2) is 5.43 Å². The van der Waals surface area contributed by atoms with E-state index in [0.717, 1.165) is 48.1 Å². The number of hydrogen-bond acceptors (Lipinski definition) is 2. The Morgan fingerprint density at radius 3 is 2.52 bits per heavy atom. The highest BCUT2D eigenvalue weighted by Gasteiger charge is 2.17. The first-order chi connectivity index (χ1) is 10.3. The van der Waals surface area contributed by atoms with Gasteiger partial charge in [0.25, 0.3) is 0 Å². The monoisotopic (exact) mass is 276 g/mol. The smallest absolute Gasteiger partial charge is 0.196 e. The summed E-state index contributed by atoms with van der Waals surface area (Å²) < 4.78 is 5.96. The SMILES string of the molecule is O=c1c2c(oc3ccc(-c4ccccc4)cc13)CCCC2. The quantitative estimate of drug-likeness (QED) is 0.662. The van der Waals surface area contributed by atoms with Gasteiger partial charge in [0, 0.05) is 12.0 Å². The average Bonchev–Trinajstić information content (AvgIpc) is 2.56. The summed E-state index contributed by atoms with van der Waals surface area (Å²) in [5, 5.41) is 0.706. The molecule has 0 bridgehead atoms. The molecule has 0 fully saturated rings. The first-order valence-corrected chi connectivity index (χ1v) is 7.47. The van der Waals surface area contributed by atoms with Crippen molar-refractivity contribution in [1.29, 1.82) is 0 Å². The molecule has 104 valence electrons. The summed E-state index contributed by atoms with van der Waals surface area (Å²) >= 11 is 0. The van der Waals surface area contributed by atoms with Crippen molar-refractivity contribution in [3.63, 3.8) is 0 Å². The van der Waals surface area contributed by atoms with Crippen molar-refractivity contribution in [2.24, 2.45) is 0 Å². The van der Waals surface area contributed by atoms with Gasteiger partial charge < -0.3 is 4.42 Å². The van der Waals surface area contributed by atoms with E-state index in [1.165, 1.54) is 0 Å². The fourth-order valence-electron chi connectivity index (χ4n) is 3.13. The van der Waals surface area contributed by atoms with Gasteiger partial charge in [-0.25, -0.2) is 0 Å². The Kier molecular flexibility index (Phi) is 2.88.